The molecule has 0 saturated carbocycles. The average molecular weight is 230 g/mol. The van der Waals surface area contributed by atoms with E-state index in [0.29, 0.717) is 11.4 Å². The summed E-state index contributed by atoms with van der Waals surface area (Å²) in [6, 6.07) is 1.71. The van der Waals surface area contributed by atoms with Crippen LogP contribution in [-0.4, -0.2) is 23.0 Å². The van der Waals surface area contributed by atoms with Crippen molar-refractivity contribution in [3.63, 3.8) is 0 Å². The first-order valence-electron chi connectivity index (χ1n) is 5.04. The van der Waals surface area contributed by atoms with E-state index < -0.39 is 5.97 Å². The molecule has 0 saturated heterocycles. The van der Waals surface area contributed by atoms with Crippen molar-refractivity contribution in [2.24, 2.45) is 0 Å². The Hall–Kier alpha value is -2.23. The molecule has 0 aromatic carbocycles. The molecule has 0 amide bonds. The van der Waals surface area contributed by atoms with Crippen LogP contribution in [0, 0.1) is 0 Å². The third kappa shape index (κ3) is 4.42. The molecule has 0 aliphatic carbocycles. The molecule has 1 aromatic heterocycles. The van der Waals surface area contributed by atoms with Gasteiger partial charge in [0.25, 0.3) is 0 Å². The monoisotopic (exact) mass is 230 g/mol. The zero-order valence-corrected chi connectivity index (χ0v) is 9.88. The highest BCUT2D eigenvalue weighted by atomic mass is 16.5. The third-order valence-corrected chi connectivity index (χ3v) is 1.85. The van der Waals surface area contributed by atoms with Crippen molar-refractivity contribution in [1.29, 1.82) is 0 Å². The van der Waals surface area contributed by atoms with Gasteiger partial charge in [-0.3, -0.25) is 0 Å². The number of hydrogen-bond acceptors (Lipinski definition) is 4. The lowest BCUT2D eigenvalue weighted by Gasteiger charge is -2.00. The summed E-state index contributed by atoms with van der Waals surface area (Å²) in [4.78, 5) is 19.4. The van der Waals surface area contributed by atoms with Crippen molar-refractivity contribution in [2.45, 2.75) is 6.92 Å². The summed E-state index contributed by atoms with van der Waals surface area (Å²) in [7, 11) is 1.32. The van der Waals surface area contributed by atoms with E-state index in [1.165, 1.54) is 13.2 Å². The summed E-state index contributed by atoms with van der Waals surface area (Å²) >= 11 is 0. The van der Waals surface area contributed by atoms with Gasteiger partial charge in [0.15, 0.2) is 5.82 Å². The number of carbonyl (C=O) groups is 1. The second-order valence-corrected chi connectivity index (χ2v) is 3.37. The van der Waals surface area contributed by atoms with Crippen LogP contribution in [0.4, 0.5) is 0 Å². The van der Waals surface area contributed by atoms with E-state index in [1.807, 2.05) is 6.92 Å². The highest BCUT2D eigenvalue weighted by molar-refractivity contribution is 5.93. The highest BCUT2D eigenvalue weighted by Gasteiger charge is 2.04. The molecule has 0 spiro atoms. The minimum Gasteiger partial charge on any atom is -0.466 e. The third-order valence-electron chi connectivity index (χ3n) is 1.85. The lowest BCUT2D eigenvalue weighted by Crippen LogP contribution is -1.98. The van der Waals surface area contributed by atoms with Crippen LogP contribution in [0.1, 0.15) is 12.7 Å². The van der Waals surface area contributed by atoms with Crippen LogP contribution in [0.15, 0.2) is 48.8 Å². The Morgan fingerprint density at radius 3 is 2.53 bits per heavy atom. The Bertz CT molecular complexity index is 462. The first-order chi connectivity index (χ1) is 8.13. The van der Waals surface area contributed by atoms with Crippen LogP contribution < -0.4 is 0 Å². The second-order valence-electron chi connectivity index (χ2n) is 3.37. The molecule has 4 heteroatoms. The van der Waals surface area contributed by atoms with E-state index in [4.69, 9.17) is 0 Å². The fourth-order valence-electron chi connectivity index (χ4n) is 1.05. The quantitative estimate of drug-likeness (QED) is 0.452. The van der Waals surface area contributed by atoms with Crippen LogP contribution in [0.3, 0.4) is 0 Å². The standard InChI is InChI=1S/C13H14N2O2/c1-10(2)5-6-11(9-12(16)17-3)13-14-7-4-8-15-13/h4-9H,1H2,2-3H3/b6-5-,11-9-. The van der Waals surface area contributed by atoms with Gasteiger partial charge >= 0.3 is 5.97 Å². The summed E-state index contributed by atoms with van der Waals surface area (Å²) in [5.74, 6) is 0.0224. The first-order valence-corrected chi connectivity index (χ1v) is 5.04. The molecule has 0 aliphatic heterocycles. The van der Waals surface area contributed by atoms with E-state index in [0.717, 1.165) is 5.57 Å². The number of allylic oxidation sites excluding steroid dienone is 4. The zero-order chi connectivity index (χ0) is 12.7. The zero-order valence-electron chi connectivity index (χ0n) is 9.88. The van der Waals surface area contributed by atoms with Crippen molar-refractivity contribution in [2.75, 3.05) is 7.11 Å². The molecule has 1 heterocycles. The van der Waals surface area contributed by atoms with Gasteiger partial charge in [-0.15, -0.1) is 0 Å². The lowest BCUT2D eigenvalue weighted by molar-refractivity contribution is -0.134. The Kier molecular flexibility index (Phi) is 4.81. The molecule has 88 valence electrons. The van der Waals surface area contributed by atoms with Gasteiger partial charge in [0.2, 0.25) is 0 Å². The summed E-state index contributed by atoms with van der Waals surface area (Å²) < 4.78 is 4.58. The predicted molar refractivity (Wildman–Crippen MR) is 66.0 cm³/mol. The fourth-order valence-corrected chi connectivity index (χ4v) is 1.05. The van der Waals surface area contributed by atoms with Crippen LogP contribution in [-0.2, 0) is 9.53 Å². The number of esters is 1. The number of aromatic nitrogens is 2. The average Bonchev–Trinajstić information content (AvgIpc) is 2.35. The Morgan fingerprint density at radius 2 is 2.00 bits per heavy atom. The topological polar surface area (TPSA) is 52.1 Å². The summed E-state index contributed by atoms with van der Waals surface area (Å²) in [6.07, 6.45) is 8.08. The molecule has 4 nitrogen and oxygen atoms in total. The molecule has 0 aliphatic rings. The van der Waals surface area contributed by atoms with Crippen molar-refractivity contribution in [3.8, 4) is 0 Å². The van der Waals surface area contributed by atoms with Crippen LogP contribution in [0.2, 0.25) is 0 Å². The number of carbonyl (C=O) groups excluding carboxylic acids is 1. The Balaban J connectivity index is 3.07. The van der Waals surface area contributed by atoms with Crippen molar-refractivity contribution in [3.05, 3.63) is 54.7 Å². The van der Waals surface area contributed by atoms with Gasteiger partial charge in [-0.25, -0.2) is 14.8 Å². The molecule has 0 radical (unpaired) electrons. The van der Waals surface area contributed by atoms with Crippen molar-refractivity contribution in [1.82, 2.24) is 9.97 Å². The van der Waals surface area contributed by atoms with Crippen LogP contribution in [0.5, 0.6) is 0 Å². The largest absolute Gasteiger partial charge is 0.466 e. The molecule has 0 unspecified atom stereocenters. The SMILES string of the molecule is C=C(C)/C=C\C(=C\C(=O)OC)c1ncccn1. The van der Waals surface area contributed by atoms with Gasteiger partial charge in [-0.1, -0.05) is 24.3 Å². The van der Waals surface area contributed by atoms with Gasteiger partial charge < -0.3 is 4.74 Å². The lowest BCUT2D eigenvalue weighted by atomic mass is 10.2. The van der Waals surface area contributed by atoms with E-state index in [1.54, 1.807) is 30.6 Å². The van der Waals surface area contributed by atoms with E-state index in [9.17, 15) is 4.79 Å². The van der Waals surface area contributed by atoms with Crippen molar-refractivity contribution >= 4 is 11.5 Å². The van der Waals surface area contributed by atoms with Crippen molar-refractivity contribution < 1.29 is 9.53 Å². The predicted octanol–water partition coefficient (Wildman–Crippen LogP) is 2.17. The molecule has 1 rings (SSSR count). The van der Waals surface area contributed by atoms with Gasteiger partial charge in [0.1, 0.15) is 0 Å². The summed E-state index contributed by atoms with van der Waals surface area (Å²) in [6.45, 7) is 5.61. The molecule has 17 heavy (non-hydrogen) atoms. The molecular weight excluding hydrogens is 216 g/mol. The van der Waals surface area contributed by atoms with Crippen LogP contribution in [0.25, 0.3) is 5.57 Å². The minimum absolute atomic E-state index is 0.446. The maximum absolute atomic E-state index is 11.2. The van der Waals surface area contributed by atoms with E-state index in [-0.39, 0.29) is 0 Å². The number of ether oxygens (including phenoxy) is 1. The molecule has 1 aromatic rings. The number of nitrogens with zero attached hydrogens (tertiary/aromatic N) is 2. The Morgan fingerprint density at radius 1 is 1.35 bits per heavy atom. The number of rotatable bonds is 4. The Labute approximate surface area is 100 Å². The maximum atomic E-state index is 11.2. The fraction of sp³-hybridized carbons (Fsp3) is 0.154. The smallest absolute Gasteiger partial charge is 0.331 e. The first kappa shape index (κ1) is 12.8. The minimum atomic E-state index is -0.446. The summed E-state index contributed by atoms with van der Waals surface area (Å²) in [5, 5.41) is 0. The van der Waals surface area contributed by atoms with E-state index >= 15 is 0 Å². The normalized spacial score (nSPS) is 11.5. The molecular formula is C13H14N2O2. The number of methoxy groups -OCH3 is 1. The molecule has 0 N–H and O–H groups in total. The van der Waals surface area contributed by atoms with E-state index in [2.05, 4.69) is 21.3 Å². The molecule has 0 fully saturated rings. The van der Waals surface area contributed by atoms with Gasteiger partial charge in [-0.05, 0) is 13.0 Å². The van der Waals surface area contributed by atoms with Gasteiger partial charge in [0.05, 0.1) is 7.11 Å². The van der Waals surface area contributed by atoms with Gasteiger partial charge in [0, 0.05) is 24.0 Å². The molecule has 0 atom stereocenters. The summed E-state index contributed by atoms with van der Waals surface area (Å²) in [5.41, 5.74) is 1.46. The highest BCUT2D eigenvalue weighted by Crippen LogP contribution is 2.11. The second kappa shape index (κ2) is 6.37. The van der Waals surface area contributed by atoms with Crippen LogP contribution >= 0.6 is 0 Å². The van der Waals surface area contributed by atoms with Gasteiger partial charge in [-0.2, -0.15) is 0 Å². The number of hydrogen-bond donors (Lipinski definition) is 0. The maximum Gasteiger partial charge on any atom is 0.331 e. The molecule has 0 bridgehead atoms.